The first-order chi connectivity index (χ1) is 20.7. The molecule has 0 amide bonds. The number of nitrogens with one attached hydrogen (secondary N) is 1. The van der Waals surface area contributed by atoms with E-state index in [4.69, 9.17) is 18.9 Å². The van der Waals surface area contributed by atoms with Gasteiger partial charge in [0.1, 0.15) is 13.2 Å². The Labute approximate surface area is 251 Å². The van der Waals surface area contributed by atoms with Crippen molar-refractivity contribution in [1.82, 2.24) is 15.1 Å². The first-order valence-corrected chi connectivity index (χ1v) is 14.1. The third-order valence-electron chi connectivity index (χ3n) is 7.64. The van der Waals surface area contributed by atoms with E-state index in [9.17, 15) is 19.7 Å². The fourth-order valence-electron chi connectivity index (χ4n) is 5.40. The van der Waals surface area contributed by atoms with E-state index >= 15 is 0 Å². The summed E-state index contributed by atoms with van der Waals surface area (Å²) in [6.07, 6.45) is 0. The topological polar surface area (TPSA) is 133 Å². The van der Waals surface area contributed by atoms with Crippen molar-refractivity contribution in [3.8, 4) is 11.5 Å². The van der Waals surface area contributed by atoms with Crippen molar-refractivity contribution in [2.45, 2.75) is 19.8 Å². The van der Waals surface area contributed by atoms with Crippen molar-refractivity contribution >= 4 is 17.6 Å². The minimum atomic E-state index is -0.886. The number of hydrogen-bond acceptors (Lipinski definition) is 11. The van der Waals surface area contributed by atoms with Crippen molar-refractivity contribution in [2.24, 2.45) is 0 Å². The van der Waals surface area contributed by atoms with E-state index in [1.165, 1.54) is 25.3 Å². The van der Waals surface area contributed by atoms with Crippen LogP contribution < -0.4 is 14.8 Å². The van der Waals surface area contributed by atoms with Gasteiger partial charge in [-0.15, -0.1) is 0 Å². The van der Waals surface area contributed by atoms with Crippen LogP contribution in [0.2, 0.25) is 0 Å². The molecule has 12 heteroatoms. The van der Waals surface area contributed by atoms with Crippen LogP contribution in [0.3, 0.4) is 0 Å². The van der Waals surface area contributed by atoms with Crippen LogP contribution in [0.4, 0.5) is 5.69 Å². The van der Waals surface area contributed by atoms with Gasteiger partial charge in [0.05, 0.1) is 36.2 Å². The lowest BCUT2D eigenvalue weighted by Gasteiger charge is -2.34. The Morgan fingerprint density at radius 1 is 0.884 bits per heavy atom. The van der Waals surface area contributed by atoms with Gasteiger partial charge in [-0.25, -0.2) is 9.59 Å². The SMILES string of the molecule is COC(=O)C1=C(C)NC(C)=C(C(=O)OCCN2CCN(CCOc3ccccc3OC)CC2)C1c1cccc([N+](=O)[O-])c1. The Hall–Kier alpha value is -4.42. The number of nitro groups is 1. The third kappa shape index (κ3) is 7.70. The molecule has 1 N–H and O–H groups in total. The maximum absolute atomic E-state index is 13.5. The molecule has 2 aromatic rings. The molecule has 0 saturated carbocycles. The number of piperazine rings is 1. The zero-order valence-electron chi connectivity index (χ0n) is 25.0. The molecule has 2 aliphatic heterocycles. The molecule has 1 saturated heterocycles. The summed E-state index contributed by atoms with van der Waals surface area (Å²) in [4.78, 5) is 41.8. The predicted octanol–water partition coefficient (Wildman–Crippen LogP) is 3.25. The minimum Gasteiger partial charge on any atom is -0.493 e. The molecule has 230 valence electrons. The van der Waals surface area contributed by atoms with Gasteiger partial charge in [-0.2, -0.15) is 0 Å². The molecule has 0 radical (unpaired) electrons. The lowest BCUT2D eigenvalue weighted by atomic mass is 9.80. The highest BCUT2D eigenvalue weighted by molar-refractivity contribution is 5.99. The number of allylic oxidation sites excluding steroid dienone is 2. The lowest BCUT2D eigenvalue weighted by molar-refractivity contribution is -0.384. The molecule has 2 aliphatic rings. The average molecular weight is 595 g/mol. The second-order valence-electron chi connectivity index (χ2n) is 10.3. The number of nitro benzene ring substituents is 1. The molecule has 1 fully saturated rings. The Kier molecular flexibility index (Phi) is 10.7. The molecule has 0 aromatic heterocycles. The highest BCUT2D eigenvalue weighted by Crippen LogP contribution is 2.40. The van der Waals surface area contributed by atoms with Gasteiger partial charge in [0.2, 0.25) is 0 Å². The summed E-state index contributed by atoms with van der Waals surface area (Å²) in [6, 6.07) is 13.5. The smallest absolute Gasteiger partial charge is 0.336 e. The van der Waals surface area contributed by atoms with E-state index in [0.29, 0.717) is 35.9 Å². The monoisotopic (exact) mass is 594 g/mol. The van der Waals surface area contributed by atoms with Gasteiger partial charge in [-0.3, -0.25) is 19.9 Å². The number of esters is 2. The number of carbonyl (C=O) groups excluding carboxylic acids is 2. The summed E-state index contributed by atoms with van der Waals surface area (Å²) in [5.74, 6) is -0.683. The molecule has 0 spiro atoms. The van der Waals surface area contributed by atoms with Crippen molar-refractivity contribution in [2.75, 3.05) is 66.7 Å². The average Bonchev–Trinajstić information content (AvgIpc) is 3.01. The Morgan fingerprint density at radius 3 is 2.09 bits per heavy atom. The first-order valence-electron chi connectivity index (χ1n) is 14.1. The number of methoxy groups -OCH3 is 2. The molecule has 2 heterocycles. The van der Waals surface area contributed by atoms with Crippen LogP contribution >= 0.6 is 0 Å². The number of nitrogens with zero attached hydrogens (tertiary/aromatic N) is 3. The Morgan fingerprint density at radius 2 is 1.49 bits per heavy atom. The molecule has 1 unspecified atom stereocenters. The zero-order valence-corrected chi connectivity index (χ0v) is 25.0. The van der Waals surface area contributed by atoms with Gasteiger partial charge in [-0.1, -0.05) is 24.3 Å². The van der Waals surface area contributed by atoms with Gasteiger partial charge in [0.25, 0.3) is 5.69 Å². The van der Waals surface area contributed by atoms with E-state index in [-0.39, 0.29) is 23.4 Å². The fourth-order valence-corrected chi connectivity index (χ4v) is 5.40. The van der Waals surface area contributed by atoms with Crippen LogP contribution in [0, 0.1) is 10.1 Å². The molecule has 0 aliphatic carbocycles. The van der Waals surface area contributed by atoms with Gasteiger partial charge >= 0.3 is 11.9 Å². The van der Waals surface area contributed by atoms with Crippen LogP contribution in [0.15, 0.2) is 71.1 Å². The number of dihydropyridines is 1. The van der Waals surface area contributed by atoms with E-state index < -0.39 is 22.8 Å². The second-order valence-corrected chi connectivity index (χ2v) is 10.3. The quantitative estimate of drug-likeness (QED) is 0.221. The van der Waals surface area contributed by atoms with Crippen molar-refractivity contribution in [3.05, 3.63) is 86.7 Å². The minimum absolute atomic E-state index is 0.145. The van der Waals surface area contributed by atoms with Crippen LogP contribution in [-0.2, 0) is 19.1 Å². The van der Waals surface area contributed by atoms with Crippen LogP contribution in [0.5, 0.6) is 11.5 Å². The molecular weight excluding hydrogens is 556 g/mol. The molecule has 12 nitrogen and oxygen atoms in total. The van der Waals surface area contributed by atoms with Gasteiger partial charge in [0, 0.05) is 62.8 Å². The predicted molar refractivity (Wildman–Crippen MR) is 159 cm³/mol. The third-order valence-corrected chi connectivity index (χ3v) is 7.64. The van der Waals surface area contributed by atoms with Gasteiger partial charge in [-0.05, 0) is 31.5 Å². The lowest BCUT2D eigenvalue weighted by Crippen LogP contribution is -2.48. The first kappa shape index (κ1) is 31.5. The number of para-hydroxylation sites is 2. The maximum atomic E-state index is 13.5. The van der Waals surface area contributed by atoms with Crippen molar-refractivity contribution in [1.29, 1.82) is 0 Å². The number of non-ortho nitro benzene ring substituents is 1. The maximum Gasteiger partial charge on any atom is 0.336 e. The number of carbonyl (C=O) groups is 2. The normalized spacial score (nSPS) is 17.7. The molecule has 0 bridgehead atoms. The zero-order chi connectivity index (χ0) is 30.9. The molecule has 4 rings (SSSR count). The molecular formula is C31H38N4O8. The fraction of sp³-hybridized carbons (Fsp3) is 0.419. The van der Waals surface area contributed by atoms with Gasteiger partial charge < -0.3 is 24.3 Å². The van der Waals surface area contributed by atoms with E-state index in [1.54, 1.807) is 27.0 Å². The Balaban J connectivity index is 1.33. The largest absolute Gasteiger partial charge is 0.493 e. The molecule has 1 atom stereocenters. The standard InChI is InChI=1S/C31H38N4O8/c1-21-27(30(36)41-4)29(23-8-7-9-24(20-23)35(38)39)28(22(2)32-21)31(37)43-19-17-34-14-12-33(13-15-34)16-18-42-26-11-6-5-10-25(26)40-3/h5-11,20,29,32H,12-19H2,1-4H3. The Bertz CT molecular complexity index is 1400. The summed E-state index contributed by atoms with van der Waals surface area (Å²) >= 11 is 0. The highest BCUT2D eigenvalue weighted by atomic mass is 16.6. The second kappa shape index (κ2) is 14.7. The molecule has 2 aromatic carbocycles. The summed E-state index contributed by atoms with van der Waals surface area (Å²) in [5, 5.41) is 14.5. The summed E-state index contributed by atoms with van der Waals surface area (Å²) < 4.78 is 22.0. The number of benzene rings is 2. The van der Waals surface area contributed by atoms with Crippen LogP contribution in [0.1, 0.15) is 25.3 Å². The summed E-state index contributed by atoms with van der Waals surface area (Å²) in [7, 11) is 2.87. The van der Waals surface area contributed by atoms with E-state index in [2.05, 4.69) is 15.1 Å². The summed E-state index contributed by atoms with van der Waals surface area (Å²) in [6.45, 7) is 8.82. The van der Waals surface area contributed by atoms with Crippen LogP contribution in [-0.4, -0.2) is 93.4 Å². The van der Waals surface area contributed by atoms with Crippen molar-refractivity contribution in [3.63, 3.8) is 0 Å². The molecule has 43 heavy (non-hydrogen) atoms. The number of hydrogen-bond donors (Lipinski definition) is 1. The van der Waals surface area contributed by atoms with E-state index in [0.717, 1.165) is 38.5 Å². The highest BCUT2D eigenvalue weighted by Gasteiger charge is 2.38. The van der Waals surface area contributed by atoms with E-state index in [1.807, 2.05) is 24.3 Å². The number of rotatable bonds is 12. The van der Waals surface area contributed by atoms with Crippen molar-refractivity contribution < 1.29 is 33.5 Å². The van der Waals surface area contributed by atoms with Crippen LogP contribution in [0.25, 0.3) is 0 Å². The summed E-state index contributed by atoms with van der Waals surface area (Å²) in [5.41, 5.74) is 1.71. The van der Waals surface area contributed by atoms with Gasteiger partial charge in [0.15, 0.2) is 11.5 Å². The number of ether oxygens (including phenoxy) is 4.